The Labute approximate surface area is 213 Å². The SMILES string of the molecule is CN(Cc1ccncc1)C(Cc1ccccc1)C1CCN(C(=O)CCC(=O)c2ccc(F)cc2)CC1. The van der Waals surface area contributed by atoms with Gasteiger partial charge in [0.1, 0.15) is 5.82 Å². The van der Waals surface area contributed by atoms with Gasteiger partial charge in [0.25, 0.3) is 0 Å². The van der Waals surface area contributed by atoms with Gasteiger partial charge in [0.15, 0.2) is 5.78 Å². The minimum absolute atomic E-state index is 0.0219. The lowest BCUT2D eigenvalue weighted by atomic mass is 9.84. The van der Waals surface area contributed by atoms with Crippen LogP contribution in [0.15, 0.2) is 79.1 Å². The van der Waals surface area contributed by atoms with E-state index in [0.29, 0.717) is 30.6 Å². The second kappa shape index (κ2) is 12.5. The van der Waals surface area contributed by atoms with Crippen LogP contribution in [0.25, 0.3) is 0 Å². The highest BCUT2D eigenvalue weighted by molar-refractivity contribution is 5.97. The van der Waals surface area contributed by atoms with E-state index in [9.17, 15) is 14.0 Å². The van der Waals surface area contributed by atoms with Crippen molar-refractivity contribution in [2.75, 3.05) is 20.1 Å². The van der Waals surface area contributed by atoms with Crippen molar-refractivity contribution in [2.24, 2.45) is 5.92 Å². The number of likely N-dealkylation sites (N-methyl/N-ethyl adjacent to an activating group) is 1. The number of carbonyl (C=O) groups is 2. The Morgan fingerprint density at radius 2 is 1.61 bits per heavy atom. The molecule has 1 aliphatic heterocycles. The second-order valence-corrected chi connectivity index (χ2v) is 9.68. The topological polar surface area (TPSA) is 53.5 Å². The number of hydrogen-bond acceptors (Lipinski definition) is 4. The maximum Gasteiger partial charge on any atom is 0.223 e. The van der Waals surface area contributed by atoms with Crippen molar-refractivity contribution in [3.63, 3.8) is 0 Å². The van der Waals surface area contributed by atoms with Crippen molar-refractivity contribution in [3.05, 3.63) is 102 Å². The number of Topliss-reactive ketones (excluding diaryl/α,β-unsaturated/α-hetero) is 1. The number of pyridine rings is 1. The third kappa shape index (κ3) is 7.08. The van der Waals surface area contributed by atoms with Crippen molar-refractivity contribution in [2.45, 2.75) is 44.7 Å². The molecule has 1 unspecified atom stereocenters. The standard InChI is InChI=1S/C30H34FN3O2/c1-33(22-24-13-17-32-18-14-24)28(21-23-5-3-2-4-6-23)25-15-19-34(20-16-25)30(36)12-11-29(35)26-7-9-27(31)10-8-26/h2-10,13-14,17-18,25,28H,11-12,15-16,19-22H2,1H3. The Morgan fingerprint density at radius 3 is 2.28 bits per heavy atom. The largest absolute Gasteiger partial charge is 0.343 e. The normalized spacial score (nSPS) is 15.1. The molecule has 1 amide bonds. The van der Waals surface area contributed by atoms with Gasteiger partial charge in [-0.25, -0.2) is 4.39 Å². The van der Waals surface area contributed by atoms with Crippen LogP contribution in [0.4, 0.5) is 4.39 Å². The molecule has 0 saturated carbocycles. The summed E-state index contributed by atoms with van der Waals surface area (Å²) in [6.07, 6.45) is 6.85. The Balaban J connectivity index is 1.33. The van der Waals surface area contributed by atoms with Crippen molar-refractivity contribution in [1.29, 1.82) is 0 Å². The predicted octanol–water partition coefficient (Wildman–Crippen LogP) is 5.17. The summed E-state index contributed by atoms with van der Waals surface area (Å²) in [5.74, 6) is -0.00279. The molecule has 1 aliphatic rings. The van der Waals surface area contributed by atoms with Crippen LogP contribution in [0.1, 0.15) is 47.2 Å². The van der Waals surface area contributed by atoms with E-state index in [1.807, 2.05) is 23.4 Å². The van der Waals surface area contributed by atoms with Gasteiger partial charge in [0.05, 0.1) is 0 Å². The number of nitrogens with zero attached hydrogens (tertiary/aromatic N) is 3. The Morgan fingerprint density at radius 1 is 0.944 bits per heavy atom. The van der Waals surface area contributed by atoms with Crippen LogP contribution in [-0.4, -0.2) is 52.7 Å². The van der Waals surface area contributed by atoms with Crippen LogP contribution in [0.5, 0.6) is 0 Å². The van der Waals surface area contributed by atoms with Gasteiger partial charge in [-0.05, 0) is 79.8 Å². The summed E-state index contributed by atoms with van der Waals surface area (Å²) in [5, 5.41) is 0. The molecular weight excluding hydrogens is 453 g/mol. The van der Waals surface area contributed by atoms with Crippen molar-refractivity contribution >= 4 is 11.7 Å². The minimum Gasteiger partial charge on any atom is -0.343 e. The van der Waals surface area contributed by atoms with Crippen LogP contribution in [0, 0.1) is 11.7 Å². The average Bonchev–Trinajstić information content (AvgIpc) is 2.92. The van der Waals surface area contributed by atoms with Gasteiger partial charge in [-0.1, -0.05) is 30.3 Å². The predicted molar refractivity (Wildman–Crippen MR) is 139 cm³/mol. The molecular formula is C30H34FN3O2. The maximum absolute atomic E-state index is 13.1. The molecule has 0 radical (unpaired) electrons. The highest BCUT2D eigenvalue weighted by atomic mass is 19.1. The van der Waals surface area contributed by atoms with E-state index in [4.69, 9.17) is 0 Å². The Bertz CT molecular complexity index is 1110. The smallest absolute Gasteiger partial charge is 0.223 e. The number of hydrogen-bond donors (Lipinski definition) is 0. The number of aromatic nitrogens is 1. The number of piperidine rings is 1. The molecule has 6 heteroatoms. The van der Waals surface area contributed by atoms with Gasteiger partial charge < -0.3 is 4.90 Å². The van der Waals surface area contributed by atoms with Crippen LogP contribution in [0.3, 0.4) is 0 Å². The fourth-order valence-electron chi connectivity index (χ4n) is 5.12. The summed E-state index contributed by atoms with van der Waals surface area (Å²) >= 11 is 0. The second-order valence-electron chi connectivity index (χ2n) is 9.68. The van der Waals surface area contributed by atoms with E-state index in [-0.39, 0.29) is 30.3 Å². The molecule has 1 atom stereocenters. The van der Waals surface area contributed by atoms with Gasteiger partial charge in [-0.3, -0.25) is 19.5 Å². The number of benzene rings is 2. The fourth-order valence-corrected chi connectivity index (χ4v) is 5.12. The number of halogens is 1. The molecule has 0 bridgehead atoms. The zero-order valence-electron chi connectivity index (χ0n) is 20.9. The van der Waals surface area contributed by atoms with Gasteiger partial charge >= 0.3 is 0 Å². The van der Waals surface area contributed by atoms with Gasteiger partial charge in [-0.15, -0.1) is 0 Å². The molecule has 36 heavy (non-hydrogen) atoms. The summed E-state index contributed by atoms with van der Waals surface area (Å²) in [6.45, 7) is 2.27. The van der Waals surface area contributed by atoms with Gasteiger partial charge in [0.2, 0.25) is 5.91 Å². The van der Waals surface area contributed by atoms with E-state index in [1.165, 1.54) is 35.4 Å². The molecule has 4 rings (SSSR count). The number of likely N-dealkylation sites (tertiary alicyclic amines) is 1. The van der Waals surface area contributed by atoms with Gasteiger partial charge in [-0.2, -0.15) is 0 Å². The first kappa shape index (κ1) is 25.7. The lowest BCUT2D eigenvalue weighted by Gasteiger charge is -2.40. The molecule has 5 nitrogen and oxygen atoms in total. The van der Waals surface area contributed by atoms with Crippen LogP contribution in [-0.2, 0) is 17.8 Å². The minimum atomic E-state index is -0.373. The van der Waals surface area contributed by atoms with Crippen molar-refractivity contribution < 1.29 is 14.0 Å². The number of ketones is 1. The third-order valence-electron chi connectivity index (χ3n) is 7.20. The highest BCUT2D eigenvalue weighted by Gasteiger charge is 2.31. The molecule has 1 aromatic heterocycles. The fraction of sp³-hybridized carbons (Fsp3) is 0.367. The molecule has 2 heterocycles. The highest BCUT2D eigenvalue weighted by Crippen LogP contribution is 2.28. The number of carbonyl (C=O) groups excluding carboxylic acids is 2. The third-order valence-corrected chi connectivity index (χ3v) is 7.20. The first-order valence-electron chi connectivity index (χ1n) is 12.7. The Hall–Kier alpha value is -3.38. The zero-order chi connectivity index (χ0) is 25.3. The lowest BCUT2D eigenvalue weighted by Crippen LogP contribution is -2.46. The summed E-state index contributed by atoms with van der Waals surface area (Å²) in [6, 6.07) is 20.6. The maximum atomic E-state index is 13.1. The molecule has 1 fully saturated rings. The van der Waals surface area contributed by atoms with Crippen molar-refractivity contribution in [1.82, 2.24) is 14.8 Å². The molecule has 0 spiro atoms. The summed E-state index contributed by atoms with van der Waals surface area (Å²) in [7, 11) is 2.19. The van der Waals surface area contributed by atoms with E-state index in [1.54, 1.807) is 0 Å². The number of amides is 1. The summed E-state index contributed by atoms with van der Waals surface area (Å²) in [4.78, 5) is 33.7. The molecule has 188 valence electrons. The summed E-state index contributed by atoms with van der Waals surface area (Å²) in [5.41, 5.74) is 3.01. The first-order chi connectivity index (χ1) is 17.5. The van der Waals surface area contributed by atoms with Crippen LogP contribution in [0.2, 0.25) is 0 Å². The quantitative estimate of drug-likeness (QED) is 0.371. The number of rotatable bonds is 10. The monoisotopic (exact) mass is 487 g/mol. The molecule has 2 aromatic carbocycles. The van der Waals surface area contributed by atoms with Crippen LogP contribution >= 0.6 is 0 Å². The Kier molecular flexibility index (Phi) is 8.95. The molecule has 3 aromatic rings. The molecule has 0 N–H and O–H groups in total. The summed E-state index contributed by atoms with van der Waals surface area (Å²) < 4.78 is 13.1. The van der Waals surface area contributed by atoms with Crippen LogP contribution < -0.4 is 0 Å². The average molecular weight is 488 g/mol. The molecule has 0 aliphatic carbocycles. The van der Waals surface area contributed by atoms with E-state index in [0.717, 1.165) is 25.8 Å². The van der Waals surface area contributed by atoms with Gasteiger partial charge in [0, 0.05) is 56.5 Å². The van der Waals surface area contributed by atoms with E-state index in [2.05, 4.69) is 53.3 Å². The lowest BCUT2D eigenvalue weighted by molar-refractivity contribution is -0.132. The molecule has 1 saturated heterocycles. The van der Waals surface area contributed by atoms with E-state index >= 15 is 0 Å². The van der Waals surface area contributed by atoms with E-state index < -0.39 is 0 Å². The zero-order valence-corrected chi connectivity index (χ0v) is 20.9. The first-order valence-corrected chi connectivity index (χ1v) is 12.7. The van der Waals surface area contributed by atoms with Crippen molar-refractivity contribution in [3.8, 4) is 0 Å².